The molecule has 1 aliphatic rings. The Balaban J connectivity index is 2.07. The summed E-state index contributed by atoms with van der Waals surface area (Å²) in [7, 11) is 1.64. The van der Waals surface area contributed by atoms with Crippen LogP contribution in [-0.2, 0) is 4.79 Å². The van der Waals surface area contributed by atoms with Gasteiger partial charge in [0, 0.05) is 6.42 Å². The van der Waals surface area contributed by atoms with Gasteiger partial charge in [-0.15, -0.1) is 0 Å². The zero-order chi connectivity index (χ0) is 13.2. The molecule has 3 heteroatoms. The molecule has 0 amide bonds. The summed E-state index contributed by atoms with van der Waals surface area (Å²) in [5.41, 5.74) is -0.264. The van der Waals surface area contributed by atoms with Gasteiger partial charge in [0.1, 0.15) is 23.4 Å². The number of ether oxygens (including phenoxy) is 2. The maximum Gasteiger partial charge on any atom is 0.146 e. The van der Waals surface area contributed by atoms with Gasteiger partial charge in [0.15, 0.2) is 0 Å². The minimum absolute atomic E-state index is 0.0217. The van der Waals surface area contributed by atoms with Crippen molar-refractivity contribution >= 4 is 5.78 Å². The molecule has 0 aliphatic heterocycles. The zero-order valence-corrected chi connectivity index (χ0v) is 11.2. The van der Waals surface area contributed by atoms with Crippen molar-refractivity contribution in [3.05, 3.63) is 24.3 Å². The van der Waals surface area contributed by atoms with E-state index in [2.05, 4.69) is 13.8 Å². The molecule has 0 spiro atoms. The van der Waals surface area contributed by atoms with Crippen LogP contribution in [0.5, 0.6) is 11.5 Å². The summed E-state index contributed by atoms with van der Waals surface area (Å²) < 4.78 is 11.0. The molecule has 1 aromatic rings. The summed E-state index contributed by atoms with van der Waals surface area (Å²) in [6.45, 7) is 4.12. The van der Waals surface area contributed by atoms with Crippen molar-refractivity contribution in [1.29, 1.82) is 0 Å². The van der Waals surface area contributed by atoms with Crippen molar-refractivity contribution in [3.8, 4) is 11.5 Å². The number of hydrogen-bond acceptors (Lipinski definition) is 3. The van der Waals surface area contributed by atoms with Gasteiger partial charge in [-0.25, -0.2) is 0 Å². The van der Waals surface area contributed by atoms with Crippen LogP contribution in [0, 0.1) is 5.41 Å². The Labute approximate surface area is 108 Å². The standard InChI is InChI=1S/C15H20O3/c1-4-15(5-2)13(16)10-14(15)18-12-8-6-11(17-3)7-9-12/h6-9,14H,4-5,10H2,1-3H3. The normalized spacial score (nSPS) is 21.3. The van der Waals surface area contributed by atoms with E-state index in [0.29, 0.717) is 12.2 Å². The highest BCUT2D eigenvalue weighted by atomic mass is 16.5. The van der Waals surface area contributed by atoms with Crippen molar-refractivity contribution in [3.63, 3.8) is 0 Å². The Hall–Kier alpha value is -1.51. The van der Waals surface area contributed by atoms with Gasteiger partial charge in [0.25, 0.3) is 0 Å². The number of benzene rings is 1. The fourth-order valence-electron chi connectivity index (χ4n) is 2.69. The first-order chi connectivity index (χ1) is 8.66. The van der Waals surface area contributed by atoms with Crippen molar-refractivity contribution in [2.24, 2.45) is 5.41 Å². The molecule has 0 aromatic heterocycles. The van der Waals surface area contributed by atoms with Gasteiger partial charge in [-0.05, 0) is 37.1 Å². The van der Waals surface area contributed by atoms with Crippen LogP contribution in [0.4, 0.5) is 0 Å². The predicted molar refractivity (Wildman–Crippen MR) is 70.0 cm³/mol. The topological polar surface area (TPSA) is 35.5 Å². The highest BCUT2D eigenvalue weighted by Gasteiger charge is 2.53. The first-order valence-electron chi connectivity index (χ1n) is 6.50. The molecule has 0 bridgehead atoms. The van der Waals surface area contributed by atoms with Gasteiger partial charge in [-0.3, -0.25) is 4.79 Å². The number of carbonyl (C=O) groups is 1. The lowest BCUT2D eigenvalue weighted by molar-refractivity contribution is -0.153. The molecule has 1 unspecified atom stereocenters. The summed E-state index contributed by atoms with van der Waals surface area (Å²) in [4.78, 5) is 11.8. The lowest BCUT2D eigenvalue weighted by Gasteiger charge is -2.46. The highest BCUT2D eigenvalue weighted by molar-refractivity contribution is 5.92. The summed E-state index contributed by atoms with van der Waals surface area (Å²) in [6.07, 6.45) is 2.26. The Morgan fingerprint density at radius 2 is 1.72 bits per heavy atom. The first-order valence-corrected chi connectivity index (χ1v) is 6.50. The Morgan fingerprint density at radius 1 is 1.17 bits per heavy atom. The van der Waals surface area contributed by atoms with Gasteiger partial charge in [-0.1, -0.05) is 13.8 Å². The van der Waals surface area contributed by atoms with E-state index < -0.39 is 0 Å². The lowest BCUT2D eigenvalue weighted by atomic mass is 9.61. The maximum absolute atomic E-state index is 11.8. The summed E-state index contributed by atoms with van der Waals surface area (Å²) >= 11 is 0. The van der Waals surface area contributed by atoms with Crippen molar-refractivity contribution in [1.82, 2.24) is 0 Å². The average Bonchev–Trinajstić information content (AvgIpc) is 2.40. The molecule has 1 atom stereocenters. The van der Waals surface area contributed by atoms with Crippen LogP contribution in [0.2, 0.25) is 0 Å². The number of hydrogen-bond donors (Lipinski definition) is 0. The van der Waals surface area contributed by atoms with Gasteiger partial charge >= 0.3 is 0 Å². The quantitative estimate of drug-likeness (QED) is 0.802. The fraction of sp³-hybridized carbons (Fsp3) is 0.533. The molecule has 0 heterocycles. The second-order valence-corrected chi connectivity index (χ2v) is 4.77. The van der Waals surface area contributed by atoms with Crippen molar-refractivity contribution < 1.29 is 14.3 Å². The second kappa shape index (κ2) is 5.01. The summed E-state index contributed by atoms with van der Waals surface area (Å²) in [5.74, 6) is 1.95. The molecule has 98 valence electrons. The van der Waals surface area contributed by atoms with E-state index in [1.54, 1.807) is 7.11 Å². The van der Waals surface area contributed by atoms with E-state index in [0.717, 1.165) is 24.3 Å². The van der Waals surface area contributed by atoms with E-state index in [1.807, 2.05) is 24.3 Å². The van der Waals surface area contributed by atoms with Crippen LogP contribution >= 0.6 is 0 Å². The van der Waals surface area contributed by atoms with Gasteiger partial charge in [-0.2, -0.15) is 0 Å². The second-order valence-electron chi connectivity index (χ2n) is 4.77. The SMILES string of the molecule is CCC1(CC)C(=O)CC1Oc1ccc(OC)cc1. The van der Waals surface area contributed by atoms with E-state index in [1.165, 1.54) is 0 Å². The lowest BCUT2D eigenvalue weighted by Crippen LogP contribution is -2.56. The van der Waals surface area contributed by atoms with E-state index in [4.69, 9.17) is 9.47 Å². The zero-order valence-electron chi connectivity index (χ0n) is 11.2. The highest BCUT2D eigenvalue weighted by Crippen LogP contribution is 2.45. The third kappa shape index (κ3) is 1.98. The monoisotopic (exact) mass is 248 g/mol. The fourth-order valence-corrected chi connectivity index (χ4v) is 2.69. The summed E-state index contributed by atoms with van der Waals surface area (Å²) in [5, 5.41) is 0. The number of ketones is 1. The van der Waals surface area contributed by atoms with Gasteiger partial charge < -0.3 is 9.47 Å². The van der Waals surface area contributed by atoms with Crippen LogP contribution in [0.15, 0.2) is 24.3 Å². The molecule has 1 saturated carbocycles. The summed E-state index contributed by atoms with van der Waals surface area (Å²) in [6, 6.07) is 7.51. The molecule has 1 fully saturated rings. The maximum atomic E-state index is 11.8. The molecule has 0 N–H and O–H groups in total. The molecule has 2 rings (SSSR count). The van der Waals surface area contributed by atoms with Gasteiger partial charge in [0.2, 0.25) is 0 Å². The number of methoxy groups -OCH3 is 1. The molecule has 3 nitrogen and oxygen atoms in total. The van der Waals surface area contributed by atoms with Crippen LogP contribution in [0.1, 0.15) is 33.1 Å². The smallest absolute Gasteiger partial charge is 0.146 e. The first kappa shape index (κ1) is 12.9. The Bertz CT molecular complexity index is 418. The van der Waals surface area contributed by atoms with Crippen molar-refractivity contribution in [2.75, 3.05) is 7.11 Å². The molecule has 0 radical (unpaired) electrons. The average molecular weight is 248 g/mol. The minimum Gasteiger partial charge on any atom is -0.497 e. The van der Waals surface area contributed by atoms with Crippen LogP contribution in [0.25, 0.3) is 0 Å². The third-order valence-corrected chi connectivity index (χ3v) is 4.14. The molecule has 0 saturated heterocycles. The van der Waals surface area contributed by atoms with Crippen LogP contribution in [0.3, 0.4) is 0 Å². The van der Waals surface area contributed by atoms with Crippen LogP contribution < -0.4 is 9.47 Å². The Kier molecular flexibility index (Phi) is 3.60. The molecular formula is C15H20O3. The van der Waals surface area contributed by atoms with Crippen LogP contribution in [-0.4, -0.2) is 19.0 Å². The third-order valence-electron chi connectivity index (χ3n) is 4.14. The largest absolute Gasteiger partial charge is 0.497 e. The van der Waals surface area contributed by atoms with Gasteiger partial charge in [0.05, 0.1) is 12.5 Å². The van der Waals surface area contributed by atoms with Crippen molar-refractivity contribution in [2.45, 2.75) is 39.2 Å². The number of rotatable bonds is 5. The molecular weight excluding hydrogens is 228 g/mol. The van der Waals surface area contributed by atoms with E-state index >= 15 is 0 Å². The number of Topliss-reactive ketones (excluding diaryl/α,β-unsaturated/α-hetero) is 1. The molecule has 18 heavy (non-hydrogen) atoms. The Morgan fingerprint density at radius 3 is 2.17 bits per heavy atom. The number of carbonyl (C=O) groups excluding carboxylic acids is 1. The molecule has 1 aromatic carbocycles. The van der Waals surface area contributed by atoms with E-state index in [9.17, 15) is 4.79 Å². The van der Waals surface area contributed by atoms with E-state index in [-0.39, 0.29) is 11.5 Å². The minimum atomic E-state index is -0.264. The predicted octanol–water partition coefficient (Wildman–Crippen LogP) is 3.22. The molecule has 1 aliphatic carbocycles.